The van der Waals surface area contributed by atoms with E-state index in [-0.39, 0.29) is 0 Å². The molecule has 0 N–H and O–H groups in total. The Balaban J connectivity index is 1.16. The van der Waals surface area contributed by atoms with Crippen molar-refractivity contribution in [2.24, 2.45) is 0 Å². The first-order valence-corrected chi connectivity index (χ1v) is 16.6. The largest absolute Gasteiger partial charge is 0.464 e. The van der Waals surface area contributed by atoms with Crippen LogP contribution in [0.4, 0.5) is 0 Å². The SMILES string of the molecule is c1ccc(-c2coc3ccc4oc5cc(-c6c7ccccc7c(-c7ccc8c(c7)oc7ccccc78)c7ccccc67)ccc5c4c23)cc1. The summed E-state index contributed by atoms with van der Waals surface area (Å²) < 4.78 is 19.0. The molecule has 49 heavy (non-hydrogen) atoms. The molecule has 0 atom stereocenters. The Kier molecular flexibility index (Phi) is 5.38. The van der Waals surface area contributed by atoms with Crippen LogP contribution in [0.2, 0.25) is 0 Å². The summed E-state index contributed by atoms with van der Waals surface area (Å²) in [6.07, 6.45) is 1.86. The van der Waals surface area contributed by atoms with Gasteiger partial charge in [0.1, 0.15) is 27.9 Å². The number of hydrogen-bond donors (Lipinski definition) is 0. The third kappa shape index (κ3) is 3.78. The molecule has 8 aromatic carbocycles. The highest BCUT2D eigenvalue weighted by atomic mass is 16.3. The molecule has 3 heterocycles. The molecule has 3 aromatic heterocycles. The number of hydrogen-bond acceptors (Lipinski definition) is 3. The summed E-state index contributed by atoms with van der Waals surface area (Å²) in [5.74, 6) is 0. The molecule has 0 aliphatic heterocycles. The Morgan fingerprint density at radius 2 is 0.816 bits per heavy atom. The number of furan rings is 3. The van der Waals surface area contributed by atoms with E-state index in [1.54, 1.807) is 0 Å². The van der Waals surface area contributed by atoms with Gasteiger partial charge in [-0.1, -0.05) is 109 Å². The Morgan fingerprint density at radius 3 is 1.49 bits per heavy atom. The van der Waals surface area contributed by atoms with Gasteiger partial charge in [0.05, 0.1) is 6.26 Å². The Hall–Kier alpha value is -6.58. The van der Waals surface area contributed by atoms with Crippen LogP contribution < -0.4 is 0 Å². The van der Waals surface area contributed by atoms with E-state index < -0.39 is 0 Å². The lowest BCUT2D eigenvalue weighted by Gasteiger charge is -2.17. The van der Waals surface area contributed by atoms with Crippen LogP contribution in [0.15, 0.2) is 171 Å². The van der Waals surface area contributed by atoms with Crippen molar-refractivity contribution in [3.63, 3.8) is 0 Å². The number of fused-ring (bicyclic) bond motifs is 10. The van der Waals surface area contributed by atoms with Crippen LogP contribution in [0.25, 0.3) is 110 Å². The highest BCUT2D eigenvalue weighted by Crippen LogP contribution is 2.46. The molecule has 0 unspecified atom stereocenters. The molecule has 0 bridgehead atoms. The van der Waals surface area contributed by atoms with E-state index in [0.29, 0.717) is 0 Å². The van der Waals surface area contributed by atoms with Crippen molar-refractivity contribution in [2.45, 2.75) is 0 Å². The van der Waals surface area contributed by atoms with Gasteiger partial charge in [0.25, 0.3) is 0 Å². The fourth-order valence-electron chi connectivity index (χ4n) is 8.01. The van der Waals surface area contributed by atoms with Crippen molar-refractivity contribution in [2.75, 3.05) is 0 Å². The first-order chi connectivity index (χ1) is 24.3. The number of para-hydroxylation sites is 1. The van der Waals surface area contributed by atoms with Crippen LogP contribution in [-0.4, -0.2) is 0 Å². The molecule has 3 nitrogen and oxygen atoms in total. The van der Waals surface area contributed by atoms with Gasteiger partial charge in [-0.3, -0.25) is 0 Å². The highest BCUT2D eigenvalue weighted by Gasteiger charge is 2.21. The van der Waals surface area contributed by atoms with Gasteiger partial charge >= 0.3 is 0 Å². The van der Waals surface area contributed by atoms with Crippen molar-refractivity contribution < 1.29 is 13.3 Å². The van der Waals surface area contributed by atoms with Crippen molar-refractivity contribution in [3.8, 4) is 33.4 Å². The zero-order chi connectivity index (χ0) is 32.1. The Labute approximate surface area is 280 Å². The van der Waals surface area contributed by atoms with Gasteiger partial charge in [0, 0.05) is 32.5 Å². The Bertz CT molecular complexity index is 3040. The summed E-state index contributed by atoms with van der Waals surface area (Å²) in [5, 5.41) is 10.3. The first-order valence-electron chi connectivity index (χ1n) is 16.6. The maximum Gasteiger partial charge on any atom is 0.136 e. The van der Waals surface area contributed by atoms with Crippen LogP contribution in [0.1, 0.15) is 0 Å². The van der Waals surface area contributed by atoms with Crippen molar-refractivity contribution in [1.82, 2.24) is 0 Å². The van der Waals surface area contributed by atoms with Crippen LogP contribution in [-0.2, 0) is 0 Å². The summed E-state index contributed by atoms with van der Waals surface area (Å²) in [6.45, 7) is 0. The molecule has 11 aromatic rings. The predicted molar refractivity (Wildman–Crippen MR) is 202 cm³/mol. The zero-order valence-corrected chi connectivity index (χ0v) is 26.2. The maximum absolute atomic E-state index is 6.61. The van der Waals surface area contributed by atoms with E-state index in [4.69, 9.17) is 13.3 Å². The van der Waals surface area contributed by atoms with Gasteiger partial charge in [-0.25, -0.2) is 0 Å². The molecule has 228 valence electrons. The van der Waals surface area contributed by atoms with Gasteiger partial charge in [0.15, 0.2) is 0 Å². The smallest absolute Gasteiger partial charge is 0.136 e. The van der Waals surface area contributed by atoms with E-state index in [1.165, 1.54) is 32.7 Å². The van der Waals surface area contributed by atoms with Gasteiger partial charge in [-0.15, -0.1) is 0 Å². The molecule has 0 saturated carbocycles. The molecule has 0 fully saturated rings. The van der Waals surface area contributed by atoms with Crippen molar-refractivity contribution in [1.29, 1.82) is 0 Å². The van der Waals surface area contributed by atoms with Crippen LogP contribution in [0.5, 0.6) is 0 Å². The second-order valence-corrected chi connectivity index (χ2v) is 12.8. The van der Waals surface area contributed by atoms with Gasteiger partial charge in [-0.2, -0.15) is 0 Å². The quantitative estimate of drug-likeness (QED) is 0.183. The summed E-state index contributed by atoms with van der Waals surface area (Å²) in [7, 11) is 0. The molecule has 11 rings (SSSR count). The molecule has 0 radical (unpaired) electrons. The topological polar surface area (TPSA) is 39.4 Å². The minimum atomic E-state index is 0.851. The average Bonchev–Trinajstić information content (AvgIpc) is 3.86. The standard InChI is InChI=1S/C46H26O3/c1-2-10-27(11-3-1)37-26-47-39-22-23-40-45(46(37)39)36-21-19-29(25-42(36)49-40)44-34-15-6-4-13-32(34)43(33-14-5-7-16-35(33)44)28-18-20-31-30-12-8-9-17-38(30)48-41(31)24-28/h1-26H. The lowest BCUT2D eigenvalue weighted by atomic mass is 9.85. The normalized spacial score (nSPS) is 12.1. The predicted octanol–water partition coefficient (Wildman–Crippen LogP) is 13.5. The Morgan fingerprint density at radius 1 is 0.306 bits per heavy atom. The highest BCUT2D eigenvalue weighted by molar-refractivity contribution is 6.25. The van der Waals surface area contributed by atoms with E-state index in [9.17, 15) is 0 Å². The van der Waals surface area contributed by atoms with Crippen molar-refractivity contribution in [3.05, 3.63) is 158 Å². The lowest BCUT2D eigenvalue weighted by Crippen LogP contribution is -1.90. The molecule has 0 saturated heterocycles. The monoisotopic (exact) mass is 626 g/mol. The fraction of sp³-hybridized carbons (Fsp3) is 0. The number of rotatable bonds is 3. The van der Waals surface area contributed by atoms with Crippen LogP contribution in [0.3, 0.4) is 0 Å². The van der Waals surface area contributed by atoms with Crippen molar-refractivity contribution >= 4 is 76.4 Å². The fourth-order valence-corrected chi connectivity index (χ4v) is 8.01. The van der Waals surface area contributed by atoms with Gasteiger partial charge in [-0.05, 0) is 91.8 Å². The lowest BCUT2D eigenvalue weighted by molar-refractivity contribution is 0.616. The summed E-state index contributed by atoms with van der Waals surface area (Å²) in [4.78, 5) is 0. The minimum absolute atomic E-state index is 0.851. The van der Waals surface area contributed by atoms with E-state index in [0.717, 1.165) is 77.1 Å². The minimum Gasteiger partial charge on any atom is -0.464 e. The van der Waals surface area contributed by atoms with E-state index >= 15 is 0 Å². The molecule has 3 heteroatoms. The van der Waals surface area contributed by atoms with E-state index in [2.05, 4.69) is 121 Å². The summed E-state index contributed by atoms with van der Waals surface area (Å²) >= 11 is 0. The van der Waals surface area contributed by atoms with E-state index in [1.807, 2.05) is 36.6 Å². The molecular formula is C46H26O3. The molecule has 0 aliphatic carbocycles. The third-order valence-corrected chi connectivity index (χ3v) is 10.1. The molecule has 0 amide bonds. The average molecular weight is 627 g/mol. The molecule has 0 spiro atoms. The first kappa shape index (κ1) is 26.5. The summed E-state index contributed by atoms with van der Waals surface area (Å²) in [6, 6.07) is 53.5. The molecular weight excluding hydrogens is 601 g/mol. The number of benzene rings is 8. The summed E-state index contributed by atoms with van der Waals surface area (Å²) in [5.41, 5.74) is 11.2. The molecule has 0 aliphatic rings. The third-order valence-electron chi connectivity index (χ3n) is 10.1. The zero-order valence-electron chi connectivity index (χ0n) is 26.2. The maximum atomic E-state index is 6.61. The van der Waals surface area contributed by atoms with Gasteiger partial charge in [0.2, 0.25) is 0 Å². The van der Waals surface area contributed by atoms with Crippen LogP contribution >= 0.6 is 0 Å². The second-order valence-electron chi connectivity index (χ2n) is 12.8. The van der Waals surface area contributed by atoms with Gasteiger partial charge < -0.3 is 13.3 Å². The van der Waals surface area contributed by atoms with Crippen LogP contribution in [0, 0.1) is 0 Å². The second kappa shape index (κ2) is 9.96.